The molecule has 6 nitrogen and oxygen atoms in total. The molecule has 9 heteroatoms. The number of carbonyl (C=O) groups is 1. The molecule has 47 heavy (non-hydrogen) atoms. The first-order chi connectivity index (χ1) is 22.4. The standard InChI is InChI=1S/C38H70N3O3PS2/c1-26(2)41(27(3)4)45(43-23-10-21-39-9)44-30-13-15-32-29(25-30)12-14-35-34(32)19-18-33-31(16-17-36(33)35)28(5)11-20-37(42)40-22-24-46-47-38(6,7)8/h26-36H,9-25H2,1-8H3,(H,40,42)/t28-,29?,30-,31-,32?,33?,34?,35?,36?,45?/m1/s1. The largest absolute Gasteiger partial charge is 0.355 e. The lowest BCUT2D eigenvalue weighted by Gasteiger charge is -2.53. The van der Waals surface area contributed by atoms with Crippen molar-refractivity contribution in [1.82, 2.24) is 9.99 Å². The Labute approximate surface area is 298 Å². The molecule has 10 atom stereocenters. The van der Waals surface area contributed by atoms with Crippen molar-refractivity contribution in [3.63, 3.8) is 0 Å². The molecule has 7 unspecified atom stereocenters. The van der Waals surface area contributed by atoms with Crippen molar-refractivity contribution < 1.29 is 13.8 Å². The van der Waals surface area contributed by atoms with Crippen LogP contribution in [0, 0.1) is 47.3 Å². The van der Waals surface area contributed by atoms with Crippen LogP contribution in [0.3, 0.4) is 0 Å². The smallest absolute Gasteiger partial charge is 0.259 e. The Balaban J connectivity index is 1.24. The molecule has 4 saturated carbocycles. The van der Waals surface area contributed by atoms with E-state index in [1.165, 1.54) is 57.8 Å². The predicted molar refractivity (Wildman–Crippen MR) is 206 cm³/mol. The van der Waals surface area contributed by atoms with Crippen molar-refractivity contribution in [2.75, 3.05) is 25.4 Å². The number of amides is 1. The number of aliphatic imine (C=N–C) groups is 1. The third-order valence-corrected chi connectivity index (χ3v) is 17.3. The maximum atomic E-state index is 12.6. The van der Waals surface area contributed by atoms with Crippen LogP contribution in [0.25, 0.3) is 0 Å². The first kappa shape index (κ1) is 39.9. The topological polar surface area (TPSA) is 63.2 Å². The molecule has 4 fully saturated rings. The molecular weight excluding hydrogens is 642 g/mol. The van der Waals surface area contributed by atoms with Gasteiger partial charge in [-0.05, 0) is 152 Å². The van der Waals surface area contributed by atoms with Gasteiger partial charge in [-0.3, -0.25) is 4.79 Å². The van der Waals surface area contributed by atoms with E-state index in [4.69, 9.17) is 9.05 Å². The zero-order valence-electron chi connectivity index (χ0n) is 31.3. The zero-order chi connectivity index (χ0) is 34.1. The molecule has 0 aromatic heterocycles. The van der Waals surface area contributed by atoms with E-state index in [0.717, 1.165) is 73.1 Å². The van der Waals surface area contributed by atoms with Gasteiger partial charge < -0.3 is 19.4 Å². The summed E-state index contributed by atoms with van der Waals surface area (Å²) in [5.41, 5.74) is 0. The van der Waals surface area contributed by atoms with Crippen molar-refractivity contribution in [2.24, 2.45) is 52.3 Å². The van der Waals surface area contributed by atoms with Gasteiger partial charge in [0.15, 0.2) is 0 Å². The Kier molecular flexibility index (Phi) is 16.2. The van der Waals surface area contributed by atoms with Crippen LogP contribution in [-0.4, -0.2) is 65.7 Å². The molecule has 0 heterocycles. The van der Waals surface area contributed by atoms with Crippen LogP contribution in [-0.2, 0) is 13.8 Å². The Morgan fingerprint density at radius 2 is 1.57 bits per heavy atom. The number of carbonyl (C=O) groups excluding carboxylic acids is 1. The SMILES string of the molecule is C=NCCCOP(O[C@@H]1CCC2C(CCC3C2CCC2C3CC[C@@H]2[C@H](C)CCC(=O)NCCSSC(C)(C)C)C1)N(C(C)C)C(C)C. The van der Waals surface area contributed by atoms with Gasteiger partial charge >= 0.3 is 0 Å². The van der Waals surface area contributed by atoms with Crippen LogP contribution in [0.5, 0.6) is 0 Å². The highest BCUT2D eigenvalue weighted by Gasteiger charge is 2.52. The molecule has 1 amide bonds. The summed E-state index contributed by atoms with van der Waals surface area (Å²) in [5.74, 6) is 8.11. The van der Waals surface area contributed by atoms with Gasteiger partial charge in [-0.1, -0.05) is 49.3 Å². The van der Waals surface area contributed by atoms with Gasteiger partial charge in [0.05, 0.1) is 12.7 Å². The first-order valence-electron chi connectivity index (χ1n) is 19.3. The summed E-state index contributed by atoms with van der Waals surface area (Å²) in [4.78, 5) is 16.6. The van der Waals surface area contributed by atoms with Gasteiger partial charge in [0.1, 0.15) is 0 Å². The fourth-order valence-electron chi connectivity index (χ4n) is 10.00. The van der Waals surface area contributed by atoms with Crippen LogP contribution in [0.4, 0.5) is 0 Å². The average molecular weight is 712 g/mol. The lowest BCUT2D eigenvalue weighted by molar-refractivity contribution is -0.121. The number of hydrogen-bond donors (Lipinski definition) is 1. The van der Waals surface area contributed by atoms with Gasteiger partial charge in [-0.2, -0.15) is 0 Å². The molecule has 0 spiro atoms. The van der Waals surface area contributed by atoms with Crippen molar-refractivity contribution in [3.05, 3.63) is 0 Å². The fourth-order valence-corrected chi connectivity index (χ4v) is 14.0. The van der Waals surface area contributed by atoms with E-state index in [-0.39, 0.29) is 10.7 Å². The first-order valence-corrected chi connectivity index (χ1v) is 22.7. The number of fused-ring (bicyclic) bond motifs is 5. The minimum atomic E-state index is -1.07. The Hall–Kier alpha value is 0.150. The Morgan fingerprint density at radius 3 is 2.28 bits per heavy atom. The Morgan fingerprint density at radius 1 is 0.936 bits per heavy atom. The van der Waals surface area contributed by atoms with Gasteiger partial charge in [0, 0.05) is 42.1 Å². The quantitative estimate of drug-likeness (QED) is 0.0661. The maximum Gasteiger partial charge on any atom is 0.259 e. The Bertz CT molecular complexity index is 957. The van der Waals surface area contributed by atoms with Crippen LogP contribution < -0.4 is 5.32 Å². The lowest BCUT2D eigenvalue weighted by Crippen LogP contribution is -2.46. The summed E-state index contributed by atoms with van der Waals surface area (Å²) in [7, 11) is 2.70. The summed E-state index contributed by atoms with van der Waals surface area (Å²) in [6.45, 7) is 24.1. The summed E-state index contributed by atoms with van der Waals surface area (Å²) in [5, 5.41) is 3.18. The van der Waals surface area contributed by atoms with E-state index >= 15 is 0 Å². The summed E-state index contributed by atoms with van der Waals surface area (Å²) < 4.78 is 16.1. The van der Waals surface area contributed by atoms with Gasteiger partial charge in [0.2, 0.25) is 5.91 Å². The molecule has 272 valence electrons. The second-order valence-corrected chi connectivity index (χ2v) is 21.5. The number of hydrogen-bond acceptors (Lipinski definition) is 7. The highest BCUT2D eigenvalue weighted by molar-refractivity contribution is 8.77. The normalized spacial score (nSPS) is 32.1. The molecule has 0 aromatic carbocycles. The molecular formula is C38H70N3O3PS2. The van der Waals surface area contributed by atoms with Crippen LogP contribution in [0.1, 0.15) is 132 Å². The predicted octanol–water partition coefficient (Wildman–Crippen LogP) is 10.4. The van der Waals surface area contributed by atoms with E-state index in [1.54, 1.807) is 0 Å². The third kappa shape index (κ3) is 11.6. The van der Waals surface area contributed by atoms with E-state index < -0.39 is 8.53 Å². The van der Waals surface area contributed by atoms with Crippen molar-refractivity contribution >= 4 is 42.7 Å². The molecule has 0 aromatic rings. The van der Waals surface area contributed by atoms with Crippen molar-refractivity contribution in [3.8, 4) is 0 Å². The third-order valence-electron chi connectivity index (χ3n) is 11.8. The molecule has 0 aliphatic heterocycles. The number of nitrogens with one attached hydrogen (secondary N) is 1. The zero-order valence-corrected chi connectivity index (χ0v) is 33.8. The summed E-state index contributed by atoms with van der Waals surface area (Å²) in [6, 6.07) is 0.782. The molecule has 0 saturated heterocycles. The maximum absolute atomic E-state index is 12.6. The van der Waals surface area contributed by atoms with E-state index in [9.17, 15) is 4.79 Å². The minimum Gasteiger partial charge on any atom is -0.355 e. The molecule has 4 rings (SSSR count). The summed E-state index contributed by atoms with van der Waals surface area (Å²) >= 11 is 0. The average Bonchev–Trinajstić information content (AvgIpc) is 3.45. The number of nitrogens with zero attached hydrogens (tertiary/aromatic N) is 2. The number of rotatable bonds is 18. The van der Waals surface area contributed by atoms with E-state index in [0.29, 0.717) is 37.1 Å². The molecule has 4 aliphatic rings. The second-order valence-electron chi connectivity index (χ2n) is 16.8. The molecule has 0 bridgehead atoms. The second kappa shape index (κ2) is 19.1. The minimum absolute atomic E-state index is 0.250. The van der Waals surface area contributed by atoms with E-state index in [2.05, 4.69) is 77.1 Å². The highest BCUT2D eigenvalue weighted by Crippen LogP contribution is 2.61. The van der Waals surface area contributed by atoms with Gasteiger partial charge in [-0.15, -0.1) is 0 Å². The fraction of sp³-hybridized carbons (Fsp3) is 0.947. The monoisotopic (exact) mass is 711 g/mol. The lowest BCUT2D eigenvalue weighted by atomic mass is 9.53. The van der Waals surface area contributed by atoms with Crippen LogP contribution in [0.2, 0.25) is 0 Å². The molecule has 0 radical (unpaired) electrons. The van der Waals surface area contributed by atoms with Crippen LogP contribution in [0.15, 0.2) is 4.99 Å². The highest BCUT2D eigenvalue weighted by atomic mass is 33.1. The molecule has 1 N–H and O–H groups in total. The van der Waals surface area contributed by atoms with Crippen LogP contribution >= 0.6 is 30.1 Å². The van der Waals surface area contributed by atoms with Crippen molar-refractivity contribution in [2.45, 2.75) is 155 Å². The molecule has 4 aliphatic carbocycles. The summed E-state index contributed by atoms with van der Waals surface area (Å²) in [6.07, 6.45) is 15.2. The van der Waals surface area contributed by atoms with Gasteiger partial charge in [-0.25, -0.2) is 4.67 Å². The van der Waals surface area contributed by atoms with Gasteiger partial charge in [0.25, 0.3) is 8.53 Å². The van der Waals surface area contributed by atoms with Crippen molar-refractivity contribution in [1.29, 1.82) is 0 Å². The van der Waals surface area contributed by atoms with E-state index in [1.807, 2.05) is 21.6 Å².